The second-order valence-electron chi connectivity index (χ2n) is 4.17. The van der Waals surface area contributed by atoms with Gasteiger partial charge in [0.1, 0.15) is 0 Å². The molecule has 1 N–H and O–H groups in total. The number of carbonyl (C=O) groups is 1. The van der Waals surface area contributed by atoms with Gasteiger partial charge in [-0.1, -0.05) is 0 Å². The topological polar surface area (TPSA) is 45.8 Å². The number of aromatic amines is 1. The van der Waals surface area contributed by atoms with E-state index in [1.165, 1.54) is 12.1 Å². The summed E-state index contributed by atoms with van der Waals surface area (Å²) in [6.07, 6.45) is 2.93. The predicted molar refractivity (Wildman–Crippen MR) is 67.8 cm³/mol. The molecule has 0 amide bonds. The van der Waals surface area contributed by atoms with E-state index < -0.39 is 11.6 Å². The first kappa shape index (κ1) is 13.1. The third-order valence-electron chi connectivity index (χ3n) is 2.79. The molecule has 2 aromatic rings. The largest absolute Gasteiger partial charge is 0.289 e. The first-order valence-corrected chi connectivity index (χ1v) is 5.68. The molecule has 0 radical (unpaired) electrons. The number of aromatic nitrogens is 2. The van der Waals surface area contributed by atoms with Crippen LogP contribution >= 0.6 is 0 Å². The van der Waals surface area contributed by atoms with Crippen molar-refractivity contribution in [1.29, 1.82) is 0 Å². The summed E-state index contributed by atoms with van der Waals surface area (Å²) in [5.41, 5.74) is 2.53. The molecule has 19 heavy (non-hydrogen) atoms. The van der Waals surface area contributed by atoms with E-state index in [2.05, 4.69) is 10.2 Å². The van der Waals surface area contributed by atoms with Crippen LogP contribution in [-0.2, 0) is 0 Å². The van der Waals surface area contributed by atoms with E-state index in [0.717, 1.165) is 29.1 Å². The monoisotopic (exact) mass is 262 g/mol. The Morgan fingerprint density at radius 3 is 2.58 bits per heavy atom. The molecule has 0 bridgehead atoms. The van der Waals surface area contributed by atoms with Crippen LogP contribution in [0.15, 0.2) is 24.3 Å². The highest BCUT2D eigenvalue weighted by Gasteiger charge is 2.08. The summed E-state index contributed by atoms with van der Waals surface area (Å²) in [6.45, 7) is 3.65. The molecule has 2 rings (SSSR count). The number of rotatable bonds is 3. The van der Waals surface area contributed by atoms with Gasteiger partial charge in [-0.05, 0) is 44.2 Å². The Kier molecular flexibility index (Phi) is 3.55. The number of halogens is 2. The molecule has 98 valence electrons. The van der Waals surface area contributed by atoms with E-state index in [9.17, 15) is 13.6 Å². The van der Waals surface area contributed by atoms with Crippen LogP contribution in [0.4, 0.5) is 8.78 Å². The van der Waals surface area contributed by atoms with Crippen molar-refractivity contribution in [1.82, 2.24) is 10.2 Å². The van der Waals surface area contributed by atoms with Gasteiger partial charge in [0, 0.05) is 16.8 Å². The molecule has 0 aliphatic rings. The number of H-pyrrole nitrogens is 1. The summed E-state index contributed by atoms with van der Waals surface area (Å²) in [6, 6.07) is 3.07. The molecule has 0 unspecified atom stereocenters. The minimum absolute atomic E-state index is 0.106. The van der Waals surface area contributed by atoms with Crippen molar-refractivity contribution < 1.29 is 13.6 Å². The number of benzene rings is 1. The minimum atomic E-state index is -1.03. The highest BCUT2D eigenvalue weighted by atomic mass is 19.2. The molecule has 0 aliphatic carbocycles. The van der Waals surface area contributed by atoms with Crippen LogP contribution in [0, 0.1) is 25.5 Å². The predicted octanol–water partition coefficient (Wildman–Crippen LogP) is 3.20. The zero-order valence-corrected chi connectivity index (χ0v) is 10.5. The smallest absolute Gasteiger partial charge is 0.185 e. The van der Waals surface area contributed by atoms with Gasteiger partial charge >= 0.3 is 0 Å². The van der Waals surface area contributed by atoms with E-state index in [1.807, 2.05) is 13.8 Å². The van der Waals surface area contributed by atoms with Crippen LogP contribution in [-0.4, -0.2) is 16.0 Å². The summed E-state index contributed by atoms with van der Waals surface area (Å²) in [5.74, 6) is -2.39. The lowest BCUT2D eigenvalue weighted by Gasteiger charge is -1.97. The Hall–Kier alpha value is -2.30. The number of aryl methyl sites for hydroxylation is 2. The molecule has 5 heteroatoms. The molecule has 0 saturated carbocycles. The number of allylic oxidation sites excluding steroid dienone is 1. The number of hydrogen-bond acceptors (Lipinski definition) is 2. The molecule has 0 saturated heterocycles. The first-order chi connectivity index (χ1) is 8.99. The third kappa shape index (κ3) is 2.76. The maximum absolute atomic E-state index is 13.0. The van der Waals surface area contributed by atoms with Gasteiger partial charge in [-0.2, -0.15) is 5.10 Å². The van der Waals surface area contributed by atoms with E-state index >= 15 is 0 Å². The highest BCUT2D eigenvalue weighted by Crippen LogP contribution is 2.13. The van der Waals surface area contributed by atoms with Crippen molar-refractivity contribution in [3.05, 3.63) is 58.4 Å². The normalized spacial score (nSPS) is 11.2. The van der Waals surface area contributed by atoms with E-state index in [-0.39, 0.29) is 11.3 Å². The van der Waals surface area contributed by atoms with Gasteiger partial charge in [0.15, 0.2) is 17.4 Å². The summed E-state index contributed by atoms with van der Waals surface area (Å²) < 4.78 is 25.8. The number of carbonyl (C=O) groups excluding carboxylic acids is 1. The summed E-state index contributed by atoms with van der Waals surface area (Å²) in [4.78, 5) is 11.8. The van der Waals surface area contributed by atoms with Gasteiger partial charge < -0.3 is 0 Å². The van der Waals surface area contributed by atoms with Crippen LogP contribution in [0.3, 0.4) is 0 Å². The van der Waals surface area contributed by atoms with Crippen LogP contribution < -0.4 is 0 Å². The SMILES string of the molecule is Cc1n[nH]c(C)c1/C=C/C(=O)c1ccc(F)c(F)c1. The van der Waals surface area contributed by atoms with Gasteiger partial charge in [0.25, 0.3) is 0 Å². The van der Waals surface area contributed by atoms with Gasteiger partial charge in [-0.3, -0.25) is 9.89 Å². The summed E-state index contributed by atoms with van der Waals surface area (Å²) in [7, 11) is 0. The van der Waals surface area contributed by atoms with Gasteiger partial charge in [0.2, 0.25) is 0 Å². The van der Waals surface area contributed by atoms with Crippen molar-refractivity contribution in [2.24, 2.45) is 0 Å². The second-order valence-corrected chi connectivity index (χ2v) is 4.17. The lowest BCUT2D eigenvalue weighted by atomic mass is 10.1. The first-order valence-electron chi connectivity index (χ1n) is 5.68. The Labute approximate surface area is 109 Å². The Bertz CT molecular complexity index is 640. The van der Waals surface area contributed by atoms with Gasteiger partial charge in [-0.25, -0.2) is 8.78 Å². The highest BCUT2D eigenvalue weighted by molar-refractivity contribution is 6.06. The number of nitrogens with one attached hydrogen (secondary N) is 1. The molecular weight excluding hydrogens is 250 g/mol. The molecule has 0 fully saturated rings. The lowest BCUT2D eigenvalue weighted by Crippen LogP contribution is -1.96. The molecule has 3 nitrogen and oxygen atoms in total. The van der Waals surface area contributed by atoms with E-state index in [0.29, 0.717) is 0 Å². The van der Waals surface area contributed by atoms with Gasteiger partial charge in [0.05, 0.1) is 5.69 Å². The van der Waals surface area contributed by atoms with Crippen molar-refractivity contribution in [2.75, 3.05) is 0 Å². The molecule has 0 atom stereocenters. The van der Waals surface area contributed by atoms with Gasteiger partial charge in [-0.15, -0.1) is 0 Å². The van der Waals surface area contributed by atoms with Crippen molar-refractivity contribution >= 4 is 11.9 Å². The number of hydrogen-bond donors (Lipinski definition) is 1. The molecule has 1 heterocycles. The molecule has 1 aromatic heterocycles. The zero-order chi connectivity index (χ0) is 14.0. The average molecular weight is 262 g/mol. The van der Waals surface area contributed by atoms with Crippen LogP contribution in [0.25, 0.3) is 6.08 Å². The third-order valence-corrected chi connectivity index (χ3v) is 2.79. The standard InChI is InChI=1S/C14H12F2N2O/c1-8-11(9(2)18-17-8)4-6-14(19)10-3-5-12(15)13(16)7-10/h3-7H,1-2H3,(H,17,18)/b6-4+. The Morgan fingerprint density at radius 1 is 1.26 bits per heavy atom. The average Bonchev–Trinajstić information content (AvgIpc) is 2.69. The van der Waals surface area contributed by atoms with Crippen molar-refractivity contribution in [3.8, 4) is 0 Å². The maximum atomic E-state index is 13.0. The fourth-order valence-electron chi connectivity index (χ4n) is 1.71. The number of ketones is 1. The second kappa shape index (κ2) is 5.14. The molecule has 0 spiro atoms. The van der Waals surface area contributed by atoms with Crippen molar-refractivity contribution in [2.45, 2.75) is 13.8 Å². The fourth-order valence-corrected chi connectivity index (χ4v) is 1.71. The quantitative estimate of drug-likeness (QED) is 0.682. The minimum Gasteiger partial charge on any atom is -0.289 e. The maximum Gasteiger partial charge on any atom is 0.185 e. The molecule has 1 aromatic carbocycles. The summed E-state index contributed by atoms with van der Waals surface area (Å²) in [5, 5.41) is 6.79. The Morgan fingerprint density at radius 2 is 2.00 bits per heavy atom. The van der Waals surface area contributed by atoms with Crippen LogP contribution in [0.5, 0.6) is 0 Å². The van der Waals surface area contributed by atoms with E-state index in [4.69, 9.17) is 0 Å². The Balaban J connectivity index is 2.24. The lowest BCUT2D eigenvalue weighted by molar-refractivity contribution is 0.104. The summed E-state index contributed by atoms with van der Waals surface area (Å²) >= 11 is 0. The van der Waals surface area contributed by atoms with Crippen LogP contribution in [0.2, 0.25) is 0 Å². The molecule has 0 aliphatic heterocycles. The fraction of sp³-hybridized carbons (Fsp3) is 0.143. The van der Waals surface area contributed by atoms with E-state index in [1.54, 1.807) is 6.08 Å². The van der Waals surface area contributed by atoms with Crippen LogP contribution in [0.1, 0.15) is 27.3 Å². The van der Waals surface area contributed by atoms with Crippen molar-refractivity contribution in [3.63, 3.8) is 0 Å². The zero-order valence-electron chi connectivity index (χ0n) is 10.5. The molecular formula is C14H12F2N2O. The number of nitrogens with zero attached hydrogens (tertiary/aromatic N) is 1.